The third kappa shape index (κ3) is 4.56. The average molecular weight is 392 g/mol. The number of carbonyl (C=O) groups is 1. The Hall–Kier alpha value is -2.96. The molecule has 1 heterocycles. The lowest BCUT2D eigenvalue weighted by Gasteiger charge is -2.08. The van der Waals surface area contributed by atoms with E-state index in [1.54, 1.807) is 0 Å². The summed E-state index contributed by atoms with van der Waals surface area (Å²) in [5.74, 6) is -2.23. The van der Waals surface area contributed by atoms with E-state index in [4.69, 9.17) is 0 Å². The van der Waals surface area contributed by atoms with Crippen molar-refractivity contribution in [3.8, 4) is 0 Å². The van der Waals surface area contributed by atoms with Crippen LogP contribution in [0.3, 0.4) is 0 Å². The number of benzene rings is 1. The van der Waals surface area contributed by atoms with Gasteiger partial charge in [-0.25, -0.2) is 13.1 Å². The molecule has 0 fully saturated rings. The van der Waals surface area contributed by atoms with E-state index in [1.165, 1.54) is 4.72 Å². The molecule has 140 valence electrons. The summed E-state index contributed by atoms with van der Waals surface area (Å²) in [6.45, 7) is 0. The zero-order chi connectivity index (χ0) is 19.7. The van der Waals surface area contributed by atoms with Crippen LogP contribution in [-0.4, -0.2) is 29.0 Å². The number of nitrogens with one attached hydrogen (secondary N) is 1. The van der Waals surface area contributed by atoms with Crippen LogP contribution in [-0.2, 0) is 29.0 Å². The van der Waals surface area contributed by atoms with Gasteiger partial charge in [0, 0.05) is 25.4 Å². The first kappa shape index (κ1) is 19.4. The molecule has 2 rings (SSSR count). The standard InChI is InChI=1S/C13H11F3N4O5S/c1-19-6-10(11(17-19)13(14,15)16)12(21)18-26(24,25)7-8-2-4-9(5-3-8)20(22)23/h2-6H,7H2,1H3,(H,18,21). The minimum atomic E-state index is -4.93. The molecule has 1 N–H and O–H groups in total. The minimum absolute atomic E-state index is 0.109. The van der Waals surface area contributed by atoms with Crippen LogP contribution in [0.15, 0.2) is 30.5 Å². The normalized spacial score (nSPS) is 12.0. The van der Waals surface area contributed by atoms with Crippen LogP contribution in [0.5, 0.6) is 0 Å². The number of rotatable bonds is 5. The summed E-state index contributed by atoms with van der Waals surface area (Å²) in [5.41, 5.74) is -2.60. The number of sulfonamides is 1. The number of hydrogen-bond acceptors (Lipinski definition) is 6. The average Bonchev–Trinajstić information content (AvgIpc) is 2.89. The number of carbonyl (C=O) groups excluding carboxylic acids is 1. The van der Waals surface area contributed by atoms with Crippen molar-refractivity contribution in [3.05, 3.63) is 57.4 Å². The van der Waals surface area contributed by atoms with Crippen LogP contribution in [0.2, 0.25) is 0 Å². The predicted molar refractivity (Wildman–Crippen MR) is 81.4 cm³/mol. The van der Waals surface area contributed by atoms with Gasteiger partial charge in [-0.2, -0.15) is 18.3 Å². The molecule has 0 saturated heterocycles. The van der Waals surface area contributed by atoms with E-state index in [0.717, 1.165) is 42.2 Å². The summed E-state index contributed by atoms with van der Waals surface area (Å²) in [5, 5.41) is 13.7. The number of alkyl halides is 3. The van der Waals surface area contributed by atoms with Gasteiger partial charge < -0.3 is 0 Å². The van der Waals surface area contributed by atoms with Crippen molar-refractivity contribution in [3.63, 3.8) is 0 Å². The monoisotopic (exact) mass is 392 g/mol. The molecule has 0 unspecified atom stereocenters. The highest BCUT2D eigenvalue weighted by atomic mass is 32.2. The van der Waals surface area contributed by atoms with E-state index in [-0.39, 0.29) is 11.3 Å². The third-order valence-corrected chi connectivity index (χ3v) is 4.30. The summed E-state index contributed by atoms with van der Waals surface area (Å²) in [7, 11) is -3.19. The highest BCUT2D eigenvalue weighted by molar-refractivity contribution is 7.89. The summed E-state index contributed by atoms with van der Waals surface area (Å²) >= 11 is 0. The number of halogens is 3. The smallest absolute Gasteiger partial charge is 0.274 e. The van der Waals surface area contributed by atoms with Crippen molar-refractivity contribution in [1.82, 2.24) is 14.5 Å². The highest BCUT2D eigenvalue weighted by Crippen LogP contribution is 2.30. The van der Waals surface area contributed by atoms with Crippen molar-refractivity contribution in [2.24, 2.45) is 7.05 Å². The molecule has 1 aromatic carbocycles. The van der Waals surface area contributed by atoms with E-state index in [2.05, 4.69) is 5.10 Å². The van der Waals surface area contributed by atoms with Gasteiger partial charge in [0.1, 0.15) is 0 Å². The first-order valence-corrected chi connectivity index (χ1v) is 8.43. The molecule has 0 radical (unpaired) electrons. The van der Waals surface area contributed by atoms with E-state index < -0.39 is 44.0 Å². The second kappa shape index (κ2) is 6.74. The molecule has 9 nitrogen and oxygen atoms in total. The molecule has 0 bridgehead atoms. The van der Waals surface area contributed by atoms with Crippen LogP contribution >= 0.6 is 0 Å². The van der Waals surface area contributed by atoms with Gasteiger partial charge in [0.2, 0.25) is 10.0 Å². The van der Waals surface area contributed by atoms with Crippen LogP contribution in [0.25, 0.3) is 0 Å². The number of aryl methyl sites for hydroxylation is 1. The van der Waals surface area contributed by atoms with Crippen LogP contribution in [0, 0.1) is 10.1 Å². The van der Waals surface area contributed by atoms with Gasteiger partial charge in [0.05, 0.1) is 16.2 Å². The lowest BCUT2D eigenvalue weighted by atomic mass is 10.2. The SMILES string of the molecule is Cn1cc(C(=O)NS(=O)(=O)Cc2ccc([N+](=O)[O-])cc2)c(C(F)(F)F)n1. The maximum Gasteiger partial charge on any atom is 0.435 e. The predicted octanol–water partition coefficient (Wildman–Crippen LogP) is 1.61. The number of nitrogens with zero attached hydrogens (tertiary/aromatic N) is 3. The van der Waals surface area contributed by atoms with E-state index in [9.17, 15) is 36.5 Å². The maximum atomic E-state index is 12.8. The summed E-state index contributed by atoms with van der Waals surface area (Å²) in [4.78, 5) is 21.8. The van der Waals surface area contributed by atoms with Gasteiger partial charge in [0.15, 0.2) is 5.69 Å². The Balaban J connectivity index is 2.19. The fourth-order valence-electron chi connectivity index (χ4n) is 2.03. The summed E-state index contributed by atoms with van der Waals surface area (Å²) < 4.78 is 64.8. The molecule has 1 aromatic heterocycles. The second-order valence-electron chi connectivity index (χ2n) is 5.18. The molecule has 0 aliphatic heterocycles. The van der Waals surface area contributed by atoms with Crippen molar-refractivity contribution < 1.29 is 31.3 Å². The Labute approximate surface area is 144 Å². The lowest BCUT2D eigenvalue weighted by Crippen LogP contribution is -2.32. The minimum Gasteiger partial charge on any atom is -0.274 e. The Morgan fingerprint density at radius 2 is 1.88 bits per heavy atom. The van der Waals surface area contributed by atoms with E-state index in [1.807, 2.05) is 0 Å². The summed E-state index contributed by atoms with van der Waals surface area (Å²) in [6, 6.07) is 4.45. The second-order valence-corrected chi connectivity index (χ2v) is 6.90. The van der Waals surface area contributed by atoms with Crippen molar-refractivity contribution in [2.75, 3.05) is 0 Å². The third-order valence-electron chi connectivity index (χ3n) is 3.09. The van der Waals surface area contributed by atoms with Crippen LogP contribution in [0.1, 0.15) is 21.6 Å². The van der Waals surface area contributed by atoms with Crippen molar-refractivity contribution >= 4 is 21.6 Å². The molecule has 1 amide bonds. The Kier molecular flexibility index (Phi) is 5.02. The fourth-order valence-corrected chi connectivity index (χ4v) is 3.13. The maximum absolute atomic E-state index is 12.8. The summed E-state index contributed by atoms with van der Waals surface area (Å²) in [6.07, 6.45) is -4.18. The van der Waals surface area contributed by atoms with Gasteiger partial charge in [-0.3, -0.25) is 19.6 Å². The Morgan fingerprint density at radius 3 is 2.38 bits per heavy atom. The zero-order valence-electron chi connectivity index (χ0n) is 13.0. The largest absolute Gasteiger partial charge is 0.435 e. The van der Waals surface area contributed by atoms with E-state index in [0.29, 0.717) is 0 Å². The molecule has 26 heavy (non-hydrogen) atoms. The number of non-ortho nitro benzene ring substituents is 1. The first-order valence-electron chi connectivity index (χ1n) is 6.78. The molecule has 0 spiro atoms. The van der Waals surface area contributed by atoms with Gasteiger partial charge in [-0.15, -0.1) is 0 Å². The number of aromatic nitrogens is 2. The number of amides is 1. The molecule has 0 atom stereocenters. The number of nitro groups is 1. The molecule has 13 heteroatoms. The zero-order valence-corrected chi connectivity index (χ0v) is 13.8. The fraction of sp³-hybridized carbons (Fsp3) is 0.231. The van der Waals surface area contributed by atoms with Crippen LogP contribution in [0.4, 0.5) is 18.9 Å². The Morgan fingerprint density at radius 1 is 1.31 bits per heavy atom. The lowest BCUT2D eigenvalue weighted by molar-refractivity contribution is -0.384. The highest BCUT2D eigenvalue weighted by Gasteiger charge is 2.39. The molecular weight excluding hydrogens is 381 g/mol. The first-order chi connectivity index (χ1) is 11.9. The Bertz CT molecular complexity index is 951. The number of hydrogen-bond donors (Lipinski definition) is 1. The van der Waals surface area contributed by atoms with Gasteiger partial charge in [-0.05, 0) is 5.56 Å². The van der Waals surface area contributed by atoms with Crippen molar-refractivity contribution in [1.29, 1.82) is 0 Å². The molecule has 0 aliphatic carbocycles. The van der Waals surface area contributed by atoms with Crippen LogP contribution < -0.4 is 4.72 Å². The van der Waals surface area contributed by atoms with Gasteiger partial charge in [-0.1, -0.05) is 12.1 Å². The molecule has 0 saturated carbocycles. The molecule has 0 aliphatic rings. The van der Waals surface area contributed by atoms with Gasteiger partial charge in [0.25, 0.3) is 11.6 Å². The van der Waals surface area contributed by atoms with E-state index >= 15 is 0 Å². The number of nitro benzene ring substituents is 1. The van der Waals surface area contributed by atoms with Crippen molar-refractivity contribution in [2.45, 2.75) is 11.9 Å². The molecule has 2 aromatic rings. The quantitative estimate of drug-likeness (QED) is 0.609. The molecular formula is C13H11F3N4O5S. The topological polar surface area (TPSA) is 124 Å². The van der Waals surface area contributed by atoms with Gasteiger partial charge >= 0.3 is 6.18 Å².